The van der Waals surface area contributed by atoms with E-state index in [4.69, 9.17) is 25.4 Å². The topological polar surface area (TPSA) is 139 Å². The molecule has 9 nitrogen and oxygen atoms in total. The molecule has 0 bridgehead atoms. The van der Waals surface area contributed by atoms with Crippen molar-refractivity contribution in [2.45, 2.75) is 25.5 Å². The van der Waals surface area contributed by atoms with E-state index in [0.717, 1.165) is 5.56 Å². The second kappa shape index (κ2) is 9.27. The zero-order valence-corrected chi connectivity index (χ0v) is 16.1. The van der Waals surface area contributed by atoms with Gasteiger partial charge in [0.05, 0.1) is 19.4 Å². The van der Waals surface area contributed by atoms with E-state index >= 15 is 0 Å². The minimum Gasteiger partial charge on any atom is -0.489 e. The van der Waals surface area contributed by atoms with Crippen LogP contribution in [0, 0.1) is 0 Å². The van der Waals surface area contributed by atoms with Gasteiger partial charge in [-0.1, -0.05) is 24.3 Å². The lowest BCUT2D eigenvalue weighted by Crippen LogP contribution is -2.26. The molecule has 30 heavy (non-hydrogen) atoms. The van der Waals surface area contributed by atoms with Gasteiger partial charge in [-0.15, -0.1) is 0 Å². The average molecular weight is 414 g/mol. The van der Waals surface area contributed by atoms with Crippen molar-refractivity contribution in [1.82, 2.24) is 0 Å². The van der Waals surface area contributed by atoms with E-state index in [-0.39, 0.29) is 26.0 Å². The third kappa shape index (κ3) is 5.26. The van der Waals surface area contributed by atoms with Crippen LogP contribution in [0.1, 0.15) is 16.7 Å². The number of rotatable bonds is 9. The predicted molar refractivity (Wildman–Crippen MR) is 107 cm³/mol. The highest BCUT2D eigenvalue weighted by atomic mass is 16.6. The molecule has 4 N–H and O–H groups in total. The molecule has 158 valence electrons. The van der Waals surface area contributed by atoms with Crippen LogP contribution < -0.4 is 15.4 Å². The van der Waals surface area contributed by atoms with Gasteiger partial charge in [0.1, 0.15) is 12.4 Å². The molecule has 2 aromatic carbocycles. The molecule has 1 aliphatic rings. The van der Waals surface area contributed by atoms with Crippen LogP contribution in [0.4, 0.5) is 10.5 Å². The third-order valence-corrected chi connectivity index (χ3v) is 4.60. The minimum absolute atomic E-state index is 0.0357. The molecular weight excluding hydrogens is 392 g/mol. The monoisotopic (exact) mass is 414 g/mol. The Morgan fingerprint density at radius 2 is 1.73 bits per heavy atom. The molecule has 1 aliphatic heterocycles. The SMILES string of the molecule is NCc1ccc(N2CC(COc3ccc(CC(=O)O)cc3CC(=O)O)OC2=O)cc1. The number of carbonyl (C=O) groups excluding carboxylic acids is 1. The van der Waals surface area contributed by atoms with Crippen LogP contribution in [0.3, 0.4) is 0 Å². The maximum Gasteiger partial charge on any atom is 0.414 e. The number of cyclic esters (lactones) is 1. The van der Waals surface area contributed by atoms with Gasteiger partial charge in [0.2, 0.25) is 0 Å². The fourth-order valence-electron chi connectivity index (χ4n) is 3.17. The number of carboxylic acid groups (broad SMARTS) is 2. The van der Waals surface area contributed by atoms with E-state index in [9.17, 15) is 14.4 Å². The number of ether oxygens (including phenoxy) is 2. The molecule has 1 fully saturated rings. The van der Waals surface area contributed by atoms with Crippen molar-refractivity contribution < 1.29 is 34.1 Å². The Balaban J connectivity index is 1.66. The Hall–Kier alpha value is -3.59. The average Bonchev–Trinajstić information content (AvgIpc) is 3.07. The van der Waals surface area contributed by atoms with Gasteiger partial charge in [0, 0.05) is 17.8 Å². The molecular formula is C21H22N2O7. The Bertz CT molecular complexity index is 943. The van der Waals surface area contributed by atoms with Crippen molar-refractivity contribution in [2.24, 2.45) is 5.73 Å². The van der Waals surface area contributed by atoms with Crippen LogP contribution in [0.5, 0.6) is 5.75 Å². The summed E-state index contributed by atoms with van der Waals surface area (Å²) in [4.78, 5) is 35.7. The Kier molecular flexibility index (Phi) is 6.53. The van der Waals surface area contributed by atoms with Crippen molar-refractivity contribution in [3.05, 3.63) is 59.2 Å². The third-order valence-electron chi connectivity index (χ3n) is 4.60. The zero-order valence-electron chi connectivity index (χ0n) is 16.1. The summed E-state index contributed by atoms with van der Waals surface area (Å²) in [5.74, 6) is -1.76. The Morgan fingerprint density at radius 3 is 2.37 bits per heavy atom. The molecule has 1 atom stereocenters. The maximum absolute atomic E-state index is 12.2. The summed E-state index contributed by atoms with van der Waals surface area (Å²) in [6, 6.07) is 11.9. The lowest BCUT2D eigenvalue weighted by atomic mass is 10.0. The van der Waals surface area contributed by atoms with Crippen LogP contribution in [0.15, 0.2) is 42.5 Å². The number of amides is 1. The fraction of sp³-hybridized carbons (Fsp3) is 0.286. The van der Waals surface area contributed by atoms with Crippen LogP contribution in [-0.2, 0) is 33.7 Å². The molecule has 2 aromatic rings. The summed E-state index contributed by atoms with van der Waals surface area (Å²) in [6.07, 6.45) is -1.56. The molecule has 0 spiro atoms. The van der Waals surface area contributed by atoms with Crippen molar-refractivity contribution >= 4 is 23.7 Å². The number of nitrogens with zero attached hydrogens (tertiary/aromatic N) is 1. The van der Waals surface area contributed by atoms with E-state index < -0.39 is 24.1 Å². The van der Waals surface area contributed by atoms with Gasteiger partial charge in [-0.25, -0.2) is 4.79 Å². The van der Waals surface area contributed by atoms with Crippen LogP contribution >= 0.6 is 0 Å². The predicted octanol–water partition coefficient (Wildman–Crippen LogP) is 1.80. The number of nitrogens with two attached hydrogens (primary N) is 1. The highest BCUT2D eigenvalue weighted by molar-refractivity contribution is 5.89. The van der Waals surface area contributed by atoms with Gasteiger partial charge >= 0.3 is 18.0 Å². The normalized spacial score (nSPS) is 15.7. The van der Waals surface area contributed by atoms with E-state index in [1.165, 1.54) is 17.0 Å². The summed E-state index contributed by atoms with van der Waals surface area (Å²) in [7, 11) is 0. The molecule has 1 amide bonds. The van der Waals surface area contributed by atoms with Crippen molar-refractivity contribution in [1.29, 1.82) is 0 Å². The molecule has 9 heteroatoms. The molecule has 0 aliphatic carbocycles. The number of hydrogen-bond acceptors (Lipinski definition) is 6. The lowest BCUT2D eigenvalue weighted by Gasteiger charge is -2.15. The molecule has 0 aromatic heterocycles. The summed E-state index contributed by atoms with van der Waals surface area (Å²) in [5, 5.41) is 18.0. The molecule has 1 unspecified atom stereocenters. The number of anilines is 1. The first-order valence-electron chi connectivity index (χ1n) is 9.31. The summed E-state index contributed by atoms with van der Waals surface area (Å²) in [6.45, 7) is 0.727. The van der Waals surface area contributed by atoms with E-state index in [1.54, 1.807) is 18.2 Å². The van der Waals surface area contributed by atoms with Crippen LogP contribution in [0.25, 0.3) is 0 Å². The molecule has 1 saturated heterocycles. The summed E-state index contributed by atoms with van der Waals surface area (Å²) < 4.78 is 11.1. The standard InChI is InChI=1S/C21H22N2O7/c22-10-13-1-4-16(5-2-13)23-11-17(30-21(23)28)12-29-18-6-3-14(8-19(24)25)7-15(18)9-20(26)27/h1-7,17H,8-12,22H2,(H,24,25)(H,26,27). The quantitative estimate of drug-likeness (QED) is 0.564. The first-order chi connectivity index (χ1) is 14.4. The molecule has 0 saturated carbocycles. The van der Waals surface area contributed by atoms with Gasteiger partial charge in [-0.2, -0.15) is 0 Å². The highest BCUT2D eigenvalue weighted by Gasteiger charge is 2.33. The first kappa shape index (κ1) is 21.1. The van der Waals surface area contributed by atoms with Gasteiger partial charge in [0.25, 0.3) is 0 Å². The van der Waals surface area contributed by atoms with Gasteiger partial charge in [0.15, 0.2) is 6.10 Å². The van der Waals surface area contributed by atoms with Gasteiger partial charge < -0.3 is 25.4 Å². The van der Waals surface area contributed by atoms with Gasteiger partial charge in [-0.05, 0) is 29.3 Å². The number of carbonyl (C=O) groups is 3. The number of carboxylic acids is 2. The second-order valence-electron chi connectivity index (χ2n) is 6.88. The summed E-state index contributed by atoms with van der Waals surface area (Å²) >= 11 is 0. The van der Waals surface area contributed by atoms with E-state index in [2.05, 4.69) is 0 Å². The summed E-state index contributed by atoms with van der Waals surface area (Å²) in [5.41, 5.74) is 8.06. The Labute approximate surface area is 172 Å². The number of benzene rings is 2. The minimum atomic E-state index is -1.06. The molecule has 3 rings (SSSR count). The smallest absolute Gasteiger partial charge is 0.414 e. The number of hydrogen-bond donors (Lipinski definition) is 3. The number of aliphatic carboxylic acids is 2. The van der Waals surface area contributed by atoms with E-state index in [1.807, 2.05) is 12.1 Å². The lowest BCUT2D eigenvalue weighted by molar-refractivity contribution is -0.137. The molecule has 0 radical (unpaired) electrons. The zero-order chi connectivity index (χ0) is 21.7. The largest absolute Gasteiger partial charge is 0.489 e. The van der Waals surface area contributed by atoms with Crippen molar-refractivity contribution in [3.63, 3.8) is 0 Å². The van der Waals surface area contributed by atoms with Crippen molar-refractivity contribution in [2.75, 3.05) is 18.1 Å². The maximum atomic E-state index is 12.2. The van der Waals surface area contributed by atoms with Gasteiger partial charge in [-0.3, -0.25) is 14.5 Å². The van der Waals surface area contributed by atoms with Crippen molar-refractivity contribution in [3.8, 4) is 5.75 Å². The van der Waals surface area contributed by atoms with E-state index in [0.29, 0.717) is 29.1 Å². The van der Waals surface area contributed by atoms with Crippen LogP contribution in [0.2, 0.25) is 0 Å². The highest BCUT2D eigenvalue weighted by Crippen LogP contribution is 2.25. The Morgan fingerprint density at radius 1 is 1.07 bits per heavy atom. The molecule has 1 heterocycles. The van der Waals surface area contributed by atoms with Crippen LogP contribution in [-0.4, -0.2) is 47.5 Å². The fourth-order valence-corrected chi connectivity index (χ4v) is 3.17. The second-order valence-corrected chi connectivity index (χ2v) is 6.88. The first-order valence-corrected chi connectivity index (χ1v) is 9.31.